The van der Waals surface area contributed by atoms with E-state index in [1.165, 1.54) is 0 Å². The van der Waals surface area contributed by atoms with Gasteiger partial charge in [0.2, 0.25) is 0 Å². The number of carbonyl (C=O) groups is 1. The molecule has 0 bridgehead atoms. The van der Waals surface area contributed by atoms with Crippen LogP contribution in [-0.2, 0) is 4.79 Å². The fourth-order valence-electron chi connectivity index (χ4n) is 7.08. The molecule has 4 aliphatic rings. The topological polar surface area (TPSA) is 118 Å². The van der Waals surface area contributed by atoms with Crippen molar-refractivity contribution in [2.75, 3.05) is 6.61 Å². The molecule has 2 fully saturated rings. The van der Waals surface area contributed by atoms with Gasteiger partial charge in [0.15, 0.2) is 11.4 Å². The van der Waals surface area contributed by atoms with Crippen LogP contribution in [0.4, 0.5) is 0 Å². The monoisotopic (exact) mass is 378 g/mol. The third kappa shape index (κ3) is 2.24. The zero-order valence-electron chi connectivity index (χ0n) is 15.9. The van der Waals surface area contributed by atoms with Crippen LogP contribution in [0.15, 0.2) is 23.5 Å². The first kappa shape index (κ1) is 19.1. The van der Waals surface area contributed by atoms with Crippen LogP contribution in [-0.4, -0.2) is 55.7 Å². The van der Waals surface area contributed by atoms with Gasteiger partial charge in [-0.3, -0.25) is 4.79 Å². The molecular formula is C21H30O6. The lowest BCUT2D eigenvalue weighted by Crippen LogP contribution is -2.63. The van der Waals surface area contributed by atoms with Gasteiger partial charge >= 0.3 is 0 Å². The highest BCUT2D eigenvalue weighted by Gasteiger charge is 2.71. The van der Waals surface area contributed by atoms with Crippen LogP contribution in [0.25, 0.3) is 0 Å². The van der Waals surface area contributed by atoms with E-state index in [0.717, 1.165) is 12.0 Å². The second-order valence-corrected chi connectivity index (χ2v) is 9.53. The van der Waals surface area contributed by atoms with E-state index in [9.17, 15) is 30.3 Å². The quantitative estimate of drug-likeness (QED) is 0.493. The molecule has 5 N–H and O–H groups in total. The van der Waals surface area contributed by atoms with Gasteiger partial charge in [0.05, 0.1) is 18.0 Å². The average molecular weight is 378 g/mol. The second-order valence-electron chi connectivity index (χ2n) is 9.53. The van der Waals surface area contributed by atoms with Gasteiger partial charge in [-0.05, 0) is 60.5 Å². The minimum Gasteiger partial charge on any atom is -0.512 e. The van der Waals surface area contributed by atoms with E-state index in [-0.39, 0.29) is 36.0 Å². The van der Waals surface area contributed by atoms with Crippen LogP contribution in [0.3, 0.4) is 0 Å². The van der Waals surface area contributed by atoms with E-state index in [4.69, 9.17) is 0 Å². The molecule has 2 saturated carbocycles. The van der Waals surface area contributed by atoms with Crippen molar-refractivity contribution in [1.82, 2.24) is 0 Å². The van der Waals surface area contributed by atoms with Gasteiger partial charge < -0.3 is 25.5 Å². The van der Waals surface area contributed by atoms with E-state index in [1.807, 2.05) is 6.08 Å². The summed E-state index contributed by atoms with van der Waals surface area (Å²) in [5, 5.41) is 52.3. The number of carbonyl (C=O) groups excluding carboxylic acids is 1. The standard InChI is InChI=1S/C21H30O6/c1-19-6-5-12(23)7-11(19)3-4-13-14-8-16(25)21(27,17(26)10-22)20(14,2)9-15(24)18(13)19/h3,7,13-16,18,22-25,27H,4-6,8-10H2,1-2H3/t13-,14-,15-,16+,18+,19-,20-,21-/m0/s1. The van der Waals surface area contributed by atoms with E-state index in [0.29, 0.717) is 18.6 Å². The average Bonchev–Trinajstić information content (AvgIpc) is 2.82. The Labute approximate surface area is 159 Å². The van der Waals surface area contributed by atoms with Crippen molar-refractivity contribution in [1.29, 1.82) is 0 Å². The Kier molecular flexibility index (Phi) is 4.17. The van der Waals surface area contributed by atoms with Crippen molar-refractivity contribution in [3.05, 3.63) is 23.5 Å². The van der Waals surface area contributed by atoms with E-state index in [1.54, 1.807) is 6.92 Å². The maximum absolute atomic E-state index is 12.4. The molecule has 0 heterocycles. The van der Waals surface area contributed by atoms with Gasteiger partial charge in [-0.25, -0.2) is 0 Å². The molecule has 0 radical (unpaired) electrons. The van der Waals surface area contributed by atoms with Crippen LogP contribution < -0.4 is 0 Å². The Bertz CT molecular complexity index is 728. The van der Waals surface area contributed by atoms with Crippen LogP contribution in [0.5, 0.6) is 0 Å². The number of rotatable bonds is 2. The molecule has 6 heteroatoms. The minimum atomic E-state index is -2.03. The molecule has 0 saturated heterocycles. The molecule has 150 valence electrons. The lowest BCUT2D eigenvalue weighted by atomic mass is 9.46. The SMILES string of the molecule is C[C@]12CCC(O)=CC1=CC[C@@H]1[C@@H]2[C@@H](O)C[C@@]2(C)[C@H]1C[C@@H](O)[C@]2(O)C(=O)CO. The highest BCUT2D eigenvalue weighted by atomic mass is 16.4. The van der Waals surface area contributed by atoms with Crippen LogP contribution in [0.2, 0.25) is 0 Å². The second kappa shape index (κ2) is 5.89. The molecule has 27 heavy (non-hydrogen) atoms. The number of Topliss-reactive ketones (excluding diaryl/α,β-unsaturated/α-hetero) is 1. The normalized spacial score (nSPS) is 51.6. The fourth-order valence-corrected chi connectivity index (χ4v) is 7.08. The van der Waals surface area contributed by atoms with E-state index < -0.39 is 35.6 Å². The third-order valence-electron chi connectivity index (χ3n) is 8.47. The van der Waals surface area contributed by atoms with Gasteiger partial charge in [0.25, 0.3) is 0 Å². The van der Waals surface area contributed by atoms with Crippen LogP contribution in [0.1, 0.15) is 46.0 Å². The van der Waals surface area contributed by atoms with Crippen LogP contribution in [0, 0.1) is 28.6 Å². The number of fused-ring (bicyclic) bond motifs is 5. The van der Waals surface area contributed by atoms with Crippen LogP contribution >= 0.6 is 0 Å². The smallest absolute Gasteiger partial charge is 0.192 e. The molecule has 8 atom stereocenters. The third-order valence-corrected chi connectivity index (χ3v) is 8.47. The maximum Gasteiger partial charge on any atom is 0.192 e. The van der Waals surface area contributed by atoms with Crippen molar-refractivity contribution >= 4 is 5.78 Å². The summed E-state index contributed by atoms with van der Waals surface area (Å²) in [6, 6.07) is 0. The molecule has 0 unspecified atom stereocenters. The van der Waals surface area contributed by atoms with Gasteiger partial charge in [-0.2, -0.15) is 0 Å². The Morgan fingerprint density at radius 1 is 1.30 bits per heavy atom. The molecular weight excluding hydrogens is 348 g/mol. The van der Waals surface area contributed by atoms with Gasteiger partial charge in [-0.1, -0.05) is 19.9 Å². The van der Waals surface area contributed by atoms with Crippen molar-refractivity contribution in [3.63, 3.8) is 0 Å². The van der Waals surface area contributed by atoms with Crippen molar-refractivity contribution in [2.24, 2.45) is 28.6 Å². The number of allylic oxidation sites excluding steroid dienone is 4. The molecule has 0 aromatic carbocycles. The van der Waals surface area contributed by atoms with Crippen molar-refractivity contribution in [2.45, 2.75) is 63.8 Å². The lowest BCUT2D eigenvalue weighted by molar-refractivity contribution is -0.190. The summed E-state index contributed by atoms with van der Waals surface area (Å²) in [5.74, 6) is -0.563. The summed E-state index contributed by atoms with van der Waals surface area (Å²) in [4.78, 5) is 12.4. The summed E-state index contributed by atoms with van der Waals surface area (Å²) in [5.41, 5.74) is -2.24. The zero-order chi connectivity index (χ0) is 19.8. The number of hydrogen-bond donors (Lipinski definition) is 5. The summed E-state index contributed by atoms with van der Waals surface area (Å²) < 4.78 is 0. The van der Waals surface area contributed by atoms with E-state index in [2.05, 4.69) is 13.0 Å². The lowest BCUT2D eigenvalue weighted by Gasteiger charge is -2.59. The number of ketones is 1. The molecule has 0 spiro atoms. The largest absolute Gasteiger partial charge is 0.512 e. The van der Waals surface area contributed by atoms with Gasteiger partial charge in [0, 0.05) is 11.8 Å². The minimum absolute atomic E-state index is 0.0244. The molecule has 4 rings (SSSR count). The first-order valence-electron chi connectivity index (χ1n) is 9.92. The Balaban J connectivity index is 1.79. The predicted molar refractivity (Wildman–Crippen MR) is 97.6 cm³/mol. The first-order chi connectivity index (χ1) is 12.6. The maximum atomic E-state index is 12.4. The molecule has 0 aromatic rings. The fraction of sp³-hybridized carbons (Fsp3) is 0.762. The number of aliphatic hydroxyl groups is 5. The van der Waals surface area contributed by atoms with Gasteiger partial charge in [0.1, 0.15) is 6.61 Å². The highest BCUT2D eigenvalue weighted by molar-refractivity contribution is 5.90. The molecule has 0 aromatic heterocycles. The highest BCUT2D eigenvalue weighted by Crippen LogP contribution is 2.66. The predicted octanol–water partition coefficient (Wildman–Crippen LogP) is 1.24. The van der Waals surface area contributed by atoms with Crippen molar-refractivity contribution in [3.8, 4) is 0 Å². The molecule has 0 aliphatic heterocycles. The molecule has 4 aliphatic carbocycles. The molecule has 0 amide bonds. The Hall–Kier alpha value is -1.21. The Morgan fingerprint density at radius 3 is 2.67 bits per heavy atom. The van der Waals surface area contributed by atoms with Crippen molar-refractivity contribution < 1.29 is 30.3 Å². The summed E-state index contributed by atoms with van der Waals surface area (Å²) >= 11 is 0. The van der Waals surface area contributed by atoms with Gasteiger partial charge in [-0.15, -0.1) is 0 Å². The zero-order valence-corrected chi connectivity index (χ0v) is 15.9. The summed E-state index contributed by atoms with van der Waals surface area (Å²) in [7, 11) is 0. The summed E-state index contributed by atoms with van der Waals surface area (Å²) in [6.45, 7) is 3.07. The Morgan fingerprint density at radius 2 is 2.00 bits per heavy atom. The van der Waals surface area contributed by atoms with E-state index >= 15 is 0 Å². The molecule has 6 nitrogen and oxygen atoms in total. The summed E-state index contributed by atoms with van der Waals surface area (Å²) in [6.07, 6.45) is 4.42. The number of hydrogen-bond acceptors (Lipinski definition) is 6. The first-order valence-corrected chi connectivity index (χ1v) is 9.92. The number of aliphatic hydroxyl groups excluding tert-OH is 4.